The van der Waals surface area contributed by atoms with Gasteiger partial charge in [-0.1, -0.05) is 26.2 Å². The molecular weight excluding hydrogens is 238 g/mol. The lowest BCUT2D eigenvalue weighted by Gasteiger charge is -2.29. The van der Waals surface area contributed by atoms with E-state index >= 15 is 0 Å². The fourth-order valence-corrected chi connectivity index (χ4v) is 2.86. The lowest BCUT2D eigenvalue weighted by atomic mass is 9.80. The predicted molar refractivity (Wildman–Crippen MR) is 79.0 cm³/mol. The summed E-state index contributed by atoms with van der Waals surface area (Å²) in [7, 11) is 0. The van der Waals surface area contributed by atoms with E-state index in [-0.39, 0.29) is 0 Å². The second-order valence-corrected chi connectivity index (χ2v) is 5.57. The second-order valence-electron chi connectivity index (χ2n) is 5.57. The number of amides is 1. The van der Waals surface area contributed by atoms with Crippen LogP contribution in [0.5, 0.6) is 0 Å². The molecule has 4 heteroatoms. The monoisotopic (exact) mass is 261 g/mol. The summed E-state index contributed by atoms with van der Waals surface area (Å²) >= 11 is 0. The Morgan fingerprint density at radius 3 is 2.79 bits per heavy atom. The Hall–Kier alpha value is -1.71. The molecule has 1 saturated carbocycles. The van der Waals surface area contributed by atoms with Crippen molar-refractivity contribution in [1.82, 2.24) is 0 Å². The normalized spacial score (nSPS) is 23.0. The lowest BCUT2D eigenvalue weighted by molar-refractivity contribution is 0.100. The van der Waals surface area contributed by atoms with E-state index in [0.29, 0.717) is 17.2 Å². The van der Waals surface area contributed by atoms with E-state index < -0.39 is 5.91 Å². The maximum atomic E-state index is 11.4. The minimum Gasteiger partial charge on any atom is -0.399 e. The van der Waals surface area contributed by atoms with Crippen LogP contribution < -0.4 is 16.8 Å². The Kier molecular flexibility index (Phi) is 4.30. The smallest absolute Gasteiger partial charge is 0.250 e. The Bertz CT molecular complexity index is 459. The van der Waals surface area contributed by atoms with E-state index in [4.69, 9.17) is 11.5 Å². The molecule has 2 atom stereocenters. The van der Waals surface area contributed by atoms with Crippen LogP contribution in [-0.4, -0.2) is 12.5 Å². The Morgan fingerprint density at radius 2 is 2.11 bits per heavy atom. The third kappa shape index (κ3) is 3.40. The first-order chi connectivity index (χ1) is 9.08. The molecule has 2 unspecified atom stereocenters. The molecule has 5 N–H and O–H groups in total. The molecule has 0 spiro atoms. The SMILES string of the molecule is CC1CCCCC1CNc1ccc(N)cc1C(N)=O. The molecule has 4 nitrogen and oxygen atoms in total. The first-order valence-electron chi connectivity index (χ1n) is 7.01. The van der Waals surface area contributed by atoms with Gasteiger partial charge >= 0.3 is 0 Å². The fourth-order valence-electron chi connectivity index (χ4n) is 2.86. The van der Waals surface area contributed by atoms with Gasteiger partial charge < -0.3 is 16.8 Å². The van der Waals surface area contributed by atoms with Gasteiger partial charge in [-0.15, -0.1) is 0 Å². The standard InChI is InChI=1S/C15H23N3O/c1-10-4-2-3-5-11(10)9-18-14-7-6-12(16)8-13(14)15(17)19/h6-8,10-11,18H,2-5,9,16H2,1H3,(H2,17,19). The third-order valence-corrected chi connectivity index (χ3v) is 4.15. The average Bonchev–Trinajstić information content (AvgIpc) is 2.38. The first kappa shape index (κ1) is 13.7. The molecule has 19 heavy (non-hydrogen) atoms. The number of nitrogens with one attached hydrogen (secondary N) is 1. The summed E-state index contributed by atoms with van der Waals surface area (Å²) in [5, 5.41) is 3.37. The molecule has 1 aromatic carbocycles. The topological polar surface area (TPSA) is 81.1 Å². The number of hydrogen-bond donors (Lipinski definition) is 3. The fraction of sp³-hybridized carbons (Fsp3) is 0.533. The van der Waals surface area contributed by atoms with Gasteiger partial charge in [0.1, 0.15) is 0 Å². The zero-order valence-corrected chi connectivity index (χ0v) is 11.5. The summed E-state index contributed by atoms with van der Waals surface area (Å²) in [5.41, 5.74) is 12.9. The quantitative estimate of drug-likeness (QED) is 0.729. The molecule has 0 aliphatic heterocycles. The Labute approximate surface area is 114 Å². The van der Waals surface area contributed by atoms with Crippen molar-refractivity contribution >= 4 is 17.3 Å². The Morgan fingerprint density at radius 1 is 1.37 bits per heavy atom. The van der Waals surface area contributed by atoms with E-state index in [0.717, 1.165) is 18.2 Å². The zero-order valence-electron chi connectivity index (χ0n) is 11.5. The van der Waals surface area contributed by atoms with Crippen LogP contribution in [0.2, 0.25) is 0 Å². The van der Waals surface area contributed by atoms with Crippen molar-refractivity contribution in [3.63, 3.8) is 0 Å². The summed E-state index contributed by atoms with van der Waals surface area (Å²) in [6.07, 6.45) is 5.21. The van der Waals surface area contributed by atoms with Gasteiger partial charge in [-0.2, -0.15) is 0 Å². The number of nitrogen functional groups attached to an aromatic ring is 1. The van der Waals surface area contributed by atoms with Gasteiger partial charge in [-0.05, 0) is 36.5 Å². The number of rotatable bonds is 4. The highest BCUT2D eigenvalue weighted by Gasteiger charge is 2.21. The minimum atomic E-state index is -0.438. The van der Waals surface area contributed by atoms with Crippen LogP contribution >= 0.6 is 0 Å². The average molecular weight is 261 g/mol. The van der Waals surface area contributed by atoms with Crippen LogP contribution in [0, 0.1) is 11.8 Å². The van der Waals surface area contributed by atoms with Crippen molar-refractivity contribution in [2.24, 2.45) is 17.6 Å². The van der Waals surface area contributed by atoms with Crippen LogP contribution in [0.15, 0.2) is 18.2 Å². The zero-order chi connectivity index (χ0) is 13.8. The maximum Gasteiger partial charge on any atom is 0.250 e. The van der Waals surface area contributed by atoms with Crippen LogP contribution in [0.3, 0.4) is 0 Å². The van der Waals surface area contributed by atoms with E-state index in [1.165, 1.54) is 25.7 Å². The van der Waals surface area contributed by atoms with Crippen LogP contribution in [-0.2, 0) is 0 Å². The van der Waals surface area contributed by atoms with Gasteiger partial charge in [0.25, 0.3) is 5.91 Å². The number of carbonyl (C=O) groups excluding carboxylic acids is 1. The highest BCUT2D eigenvalue weighted by atomic mass is 16.1. The maximum absolute atomic E-state index is 11.4. The highest BCUT2D eigenvalue weighted by Crippen LogP contribution is 2.30. The van der Waals surface area contributed by atoms with Gasteiger partial charge in [0, 0.05) is 17.9 Å². The summed E-state index contributed by atoms with van der Waals surface area (Å²) in [5.74, 6) is 0.977. The summed E-state index contributed by atoms with van der Waals surface area (Å²) < 4.78 is 0. The van der Waals surface area contributed by atoms with Crippen molar-refractivity contribution in [2.45, 2.75) is 32.6 Å². The van der Waals surface area contributed by atoms with Gasteiger partial charge in [0.05, 0.1) is 5.56 Å². The van der Waals surface area contributed by atoms with Crippen molar-refractivity contribution in [3.05, 3.63) is 23.8 Å². The number of benzene rings is 1. The van der Waals surface area contributed by atoms with Crippen LogP contribution in [0.25, 0.3) is 0 Å². The van der Waals surface area contributed by atoms with Gasteiger partial charge in [0.2, 0.25) is 0 Å². The molecule has 0 heterocycles. The van der Waals surface area contributed by atoms with Gasteiger partial charge in [-0.3, -0.25) is 4.79 Å². The van der Waals surface area contributed by atoms with E-state index in [2.05, 4.69) is 12.2 Å². The molecule has 0 bridgehead atoms. The summed E-state index contributed by atoms with van der Waals surface area (Å²) in [6.45, 7) is 3.20. The molecule has 1 aliphatic rings. The molecule has 1 fully saturated rings. The predicted octanol–water partition coefficient (Wildman–Crippen LogP) is 2.61. The molecule has 1 aliphatic carbocycles. The number of nitrogens with two attached hydrogens (primary N) is 2. The van der Waals surface area contributed by atoms with E-state index in [9.17, 15) is 4.79 Å². The number of carbonyl (C=O) groups is 1. The number of hydrogen-bond acceptors (Lipinski definition) is 3. The van der Waals surface area contributed by atoms with Crippen molar-refractivity contribution in [1.29, 1.82) is 0 Å². The summed E-state index contributed by atoms with van der Waals surface area (Å²) in [6, 6.07) is 5.26. The molecular formula is C15H23N3O. The molecule has 2 rings (SSSR count). The lowest BCUT2D eigenvalue weighted by Crippen LogP contribution is -2.25. The molecule has 0 radical (unpaired) electrons. The molecule has 0 aromatic heterocycles. The van der Waals surface area contributed by atoms with Gasteiger partial charge in [0.15, 0.2) is 0 Å². The third-order valence-electron chi connectivity index (χ3n) is 4.15. The van der Waals surface area contributed by atoms with Crippen molar-refractivity contribution < 1.29 is 4.79 Å². The van der Waals surface area contributed by atoms with Crippen molar-refractivity contribution in [3.8, 4) is 0 Å². The number of anilines is 2. The van der Waals surface area contributed by atoms with E-state index in [1.807, 2.05) is 6.07 Å². The van der Waals surface area contributed by atoms with Crippen molar-refractivity contribution in [2.75, 3.05) is 17.6 Å². The molecule has 1 aromatic rings. The highest BCUT2D eigenvalue weighted by molar-refractivity contribution is 5.99. The Balaban J connectivity index is 2.04. The van der Waals surface area contributed by atoms with Crippen LogP contribution in [0.1, 0.15) is 43.0 Å². The molecule has 104 valence electrons. The second kappa shape index (κ2) is 5.95. The van der Waals surface area contributed by atoms with E-state index in [1.54, 1.807) is 12.1 Å². The number of primary amides is 1. The molecule has 0 saturated heterocycles. The summed E-state index contributed by atoms with van der Waals surface area (Å²) in [4.78, 5) is 11.4. The molecule has 1 amide bonds. The largest absolute Gasteiger partial charge is 0.399 e. The minimum absolute atomic E-state index is 0.438. The van der Waals surface area contributed by atoms with Gasteiger partial charge in [-0.25, -0.2) is 0 Å². The first-order valence-corrected chi connectivity index (χ1v) is 7.01. The van der Waals surface area contributed by atoms with Crippen LogP contribution in [0.4, 0.5) is 11.4 Å².